The average Bonchev–Trinajstić information content (AvgIpc) is 2.02. The van der Waals surface area contributed by atoms with Gasteiger partial charge in [0.1, 0.15) is 0 Å². The highest BCUT2D eigenvalue weighted by Crippen LogP contribution is 2.07. The lowest BCUT2D eigenvalue weighted by atomic mass is 10.1. The SMILES string of the molecule is CCCCCCCCC[C](=O)[Al]. The van der Waals surface area contributed by atoms with Gasteiger partial charge in [-0.25, -0.2) is 0 Å². The largest absolute Gasteiger partial charge is 0.324 e. The van der Waals surface area contributed by atoms with E-state index in [0.717, 1.165) is 12.8 Å². The smallest absolute Gasteiger partial charge is 0.241 e. The molecule has 0 amide bonds. The van der Waals surface area contributed by atoms with Crippen LogP contribution in [0.2, 0.25) is 0 Å². The number of hydrogen-bond acceptors (Lipinski definition) is 1. The molecule has 2 radical (unpaired) electrons. The number of carbonyl (C=O) groups is 1. The molecule has 0 aromatic carbocycles. The summed E-state index contributed by atoms with van der Waals surface area (Å²) in [7, 11) is 0. The fourth-order valence-electron chi connectivity index (χ4n) is 1.26. The third-order valence-electron chi connectivity index (χ3n) is 2.03. The van der Waals surface area contributed by atoms with Gasteiger partial charge in [0, 0.05) is 4.65 Å². The van der Waals surface area contributed by atoms with E-state index in [2.05, 4.69) is 23.2 Å². The summed E-state index contributed by atoms with van der Waals surface area (Å²) in [6.45, 7) is 2.23. The normalized spacial score (nSPS) is 10.1. The third kappa shape index (κ3) is 10.2. The van der Waals surface area contributed by atoms with Crippen LogP contribution in [0.3, 0.4) is 0 Å². The lowest BCUT2D eigenvalue weighted by molar-refractivity contribution is -0.111. The Balaban J connectivity index is 2.86. The van der Waals surface area contributed by atoms with Crippen molar-refractivity contribution in [3.05, 3.63) is 0 Å². The molecular formula is C10H19AlO. The fourth-order valence-corrected chi connectivity index (χ4v) is 1.46. The van der Waals surface area contributed by atoms with Gasteiger partial charge in [-0.05, 0) is 12.8 Å². The summed E-state index contributed by atoms with van der Waals surface area (Å²) >= 11 is 2.23. The van der Waals surface area contributed by atoms with E-state index in [9.17, 15) is 4.79 Å². The van der Waals surface area contributed by atoms with E-state index >= 15 is 0 Å². The molecule has 0 saturated heterocycles. The van der Waals surface area contributed by atoms with E-state index in [1.54, 1.807) is 0 Å². The fraction of sp³-hybridized carbons (Fsp3) is 0.900. The second kappa shape index (κ2) is 9.29. The molecule has 2 heteroatoms. The number of rotatable bonds is 8. The predicted molar refractivity (Wildman–Crippen MR) is 53.4 cm³/mol. The maximum absolute atomic E-state index is 10.5. The monoisotopic (exact) mass is 182 g/mol. The Bertz CT molecular complexity index is 112. The van der Waals surface area contributed by atoms with Crippen molar-refractivity contribution in [2.24, 2.45) is 0 Å². The third-order valence-corrected chi connectivity index (χ3v) is 2.32. The maximum Gasteiger partial charge on any atom is 0.241 e. The molecule has 0 bridgehead atoms. The summed E-state index contributed by atoms with van der Waals surface area (Å²) in [6.07, 6.45) is 9.74. The molecule has 0 spiro atoms. The Kier molecular flexibility index (Phi) is 9.45. The molecule has 0 aliphatic carbocycles. The lowest BCUT2D eigenvalue weighted by Gasteiger charge is -1.99. The molecule has 0 N–H and O–H groups in total. The van der Waals surface area contributed by atoms with Gasteiger partial charge in [-0.2, -0.15) is 0 Å². The Morgan fingerprint density at radius 2 is 1.50 bits per heavy atom. The first-order valence-corrected chi connectivity index (χ1v) is 5.63. The van der Waals surface area contributed by atoms with Crippen molar-refractivity contribution < 1.29 is 4.79 Å². The molecule has 0 aliphatic rings. The van der Waals surface area contributed by atoms with Crippen LogP contribution in [-0.2, 0) is 4.79 Å². The van der Waals surface area contributed by atoms with E-state index in [1.807, 2.05) is 0 Å². The molecule has 0 aliphatic heterocycles. The average molecular weight is 182 g/mol. The van der Waals surface area contributed by atoms with Crippen LogP contribution in [0.5, 0.6) is 0 Å². The van der Waals surface area contributed by atoms with Crippen LogP contribution in [0.1, 0.15) is 58.3 Å². The van der Waals surface area contributed by atoms with Crippen molar-refractivity contribution in [2.45, 2.75) is 58.3 Å². The molecule has 1 nitrogen and oxygen atoms in total. The molecular weight excluding hydrogens is 163 g/mol. The van der Waals surface area contributed by atoms with E-state index in [0.29, 0.717) is 0 Å². The van der Waals surface area contributed by atoms with Gasteiger partial charge in [-0.15, -0.1) is 0 Å². The van der Waals surface area contributed by atoms with Crippen LogP contribution in [0.4, 0.5) is 0 Å². The summed E-state index contributed by atoms with van der Waals surface area (Å²) < 4.78 is 0.253. The lowest BCUT2D eigenvalue weighted by Crippen LogP contribution is -1.94. The van der Waals surface area contributed by atoms with E-state index < -0.39 is 0 Å². The van der Waals surface area contributed by atoms with Crippen molar-refractivity contribution in [1.29, 1.82) is 0 Å². The van der Waals surface area contributed by atoms with Crippen LogP contribution in [0, 0.1) is 0 Å². The Morgan fingerprint density at radius 3 is 2.00 bits per heavy atom. The van der Waals surface area contributed by atoms with Crippen LogP contribution in [-0.4, -0.2) is 20.9 Å². The second-order valence-electron chi connectivity index (χ2n) is 3.34. The minimum absolute atomic E-state index is 0.253. The molecule has 0 unspecified atom stereocenters. The molecule has 0 rings (SSSR count). The maximum atomic E-state index is 10.5. The highest BCUT2D eigenvalue weighted by molar-refractivity contribution is 6.57. The molecule has 12 heavy (non-hydrogen) atoms. The van der Waals surface area contributed by atoms with Crippen molar-refractivity contribution in [3.8, 4) is 0 Å². The molecule has 0 atom stereocenters. The second-order valence-corrected chi connectivity index (χ2v) is 3.98. The quantitative estimate of drug-likeness (QED) is 0.416. The van der Waals surface area contributed by atoms with Crippen molar-refractivity contribution in [2.75, 3.05) is 0 Å². The Hall–Kier alpha value is 0.202. The van der Waals surface area contributed by atoms with Crippen LogP contribution in [0.25, 0.3) is 0 Å². The molecule has 68 valence electrons. The number of hydrogen-bond donors (Lipinski definition) is 0. The molecule has 0 saturated carbocycles. The van der Waals surface area contributed by atoms with Gasteiger partial charge in [-0.1, -0.05) is 45.4 Å². The van der Waals surface area contributed by atoms with Crippen molar-refractivity contribution in [1.82, 2.24) is 0 Å². The first-order valence-electron chi connectivity index (χ1n) is 5.05. The summed E-state index contributed by atoms with van der Waals surface area (Å²) in [6, 6.07) is 0. The Labute approximate surface area is 84.3 Å². The first-order chi connectivity index (χ1) is 5.77. The zero-order valence-corrected chi connectivity index (χ0v) is 9.30. The number of carbonyl (C=O) groups excluding carboxylic acids is 1. The van der Waals surface area contributed by atoms with E-state index in [1.165, 1.54) is 38.5 Å². The zero-order valence-electron chi connectivity index (χ0n) is 8.14. The van der Waals surface area contributed by atoms with Crippen LogP contribution in [0.15, 0.2) is 0 Å². The van der Waals surface area contributed by atoms with Gasteiger partial charge in [-0.3, -0.25) is 0 Å². The van der Waals surface area contributed by atoms with Gasteiger partial charge in [0.2, 0.25) is 16.3 Å². The molecule has 0 heterocycles. The molecule has 0 aromatic heterocycles. The van der Waals surface area contributed by atoms with Crippen molar-refractivity contribution in [3.63, 3.8) is 0 Å². The number of unbranched alkanes of at least 4 members (excludes halogenated alkanes) is 6. The van der Waals surface area contributed by atoms with E-state index in [-0.39, 0.29) is 4.65 Å². The minimum Gasteiger partial charge on any atom is -0.324 e. The molecule has 0 aromatic rings. The van der Waals surface area contributed by atoms with E-state index in [4.69, 9.17) is 0 Å². The standard InChI is InChI=1S/C10H19O.Al/c1-2-3-4-5-6-7-8-9-10-11;/h2-9H2,1H3;. The van der Waals surface area contributed by atoms with Crippen molar-refractivity contribution >= 4 is 20.9 Å². The van der Waals surface area contributed by atoms with Gasteiger partial charge in [0.25, 0.3) is 0 Å². The highest BCUT2D eigenvalue weighted by Gasteiger charge is 1.92. The Morgan fingerprint density at radius 1 is 1.00 bits per heavy atom. The highest BCUT2D eigenvalue weighted by atomic mass is 27.0. The topological polar surface area (TPSA) is 17.1 Å². The van der Waals surface area contributed by atoms with Gasteiger partial charge in [0.15, 0.2) is 0 Å². The first kappa shape index (κ1) is 12.2. The van der Waals surface area contributed by atoms with Crippen LogP contribution >= 0.6 is 0 Å². The van der Waals surface area contributed by atoms with Crippen LogP contribution < -0.4 is 0 Å². The predicted octanol–water partition coefficient (Wildman–Crippen LogP) is 2.82. The summed E-state index contributed by atoms with van der Waals surface area (Å²) in [5.41, 5.74) is 0. The summed E-state index contributed by atoms with van der Waals surface area (Å²) in [4.78, 5) is 10.5. The molecule has 0 fully saturated rings. The van der Waals surface area contributed by atoms with Gasteiger partial charge >= 0.3 is 0 Å². The minimum atomic E-state index is 0.253. The van der Waals surface area contributed by atoms with Gasteiger partial charge < -0.3 is 4.79 Å². The summed E-state index contributed by atoms with van der Waals surface area (Å²) in [5, 5.41) is 0. The van der Waals surface area contributed by atoms with Gasteiger partial charge in [0.05, 0.1) is 0 Å². The summed E-state index contributed by atoms with van der Waals surface area (Å²) in [5.74, 6) is 0. The zero-order chi connectivity index (χ0) is 9.23.